The van der Waals surface area contributed by atoms with Gasteiger partial charge in [0.25, 0.3) is 0 Å². The highest BCUT2D eigenvalue weighted by Crippen LogP contribution is 2.26. The van der Waals surface area contributed by atoms with Gasteiger partial charge in [0.05, 0.1) is 0 Å². The standard InChI is InChI=1S/C18H24N4/c1-5-11-19-18-20-13(4)12-16(22-18)21-17-14(6-2)9-8-10-15(17)7-3/h5,8-10,12H,1,6-7,11H2,2-4H3,(H2,19,20,21,22). The maximum atomic E-state index is 4.54. The summed E-state index contributed by atoms with van der Waals surface area (Å²) in [5.74, 6) is 1.43. The van der Waals surface area contributed by atoms with E-state index in [0.717, 1.165) is 24.4 Å². The average Bonchev–Trinajstić information content (AvgIpc) is 2.52. The molecule has 0 atom stereocenters. The number of aryl methyl sites for hydroxylation is 3. The fourth-order valence-electron chi connectivity index (χ4n) is 2.41. The molecule has 0 radical (unpaired) electrons. The molecule has 4 heteroatoms. The van der Waals surface area contributed by atoms with Crippen molar-refractivity contribution < 1.29 is 0 Å². The molecular weight excluding hydrogens is 272 g/mol. The topological polar surface area (TPSA) is 49.8 Å². The molecule has 0 saturated heterocycles. The van der Waals surface area contributed by atoms with Crippen LogP contribution in [0, 0.1) is 6.92 Å². The molecule has 0 bridgehead atoms. The van der Waals surface area contributed by atoms with Gasteiger partial charge in [-0.3, -0.25) is 0 Å². The van der Waals surface area contributed by atoms with Crippen molar-refractivity contribution in [3.63, 3.8) is 0 Å². The Morgan fingerprint density at radius 2 is 1.82 bits per heavy atom. The van der Waals surface area contributed by atoms with Gasteiger partial charge in [0.2, 0.25) is 5.95 Å². The zero-order valence-electron chi connectivity index (χ0n) is 13.6. The summed E-state index contributed by atoms with van der Waals surface area (Å²) in [7, 11) is 0. The Hall–Kier alpha value is -2.36. The second-order valence-electron chi connectivity index (χ2n) is 5.17. The van der Waals surface area contributed by atoms with E-state index in [-0.39, 0.29) is 0 Å². The summed E-state index contributed by atoms with van der Waals surface area (Å²) in [5.41, 5.74) is 4.70. The van der Waals surface area contributed by atoms with E-state index in [4.69, 9.17) is 0 Å². The summed E-state index contributed by atoms with van der Waals surface area (Å²) in [5, 5.41) is 6.62. The highest BCUT2D eigenvalue weighted by Gasteiger charge is 2.08. The van der Waals surface area contributed by atoms with Gasteiger partial charge in [-0.25, -0.2) is 4.98 Å². The highest BCUT2D eigenvalue weighted by atomic mass is 15.1. The molecule has 2 aromatic rings. The van der Waals surface area contributed by atoms with Crippen LogP contribution in [-0.4, -0.2) is 16.5 Å². The molecule has 2 N–H and O–H groups in total. The average molecular weight is 296 g/mol. The van der Waals surface area contributed by atoms with Crippen LogP contribution in [0.3, 0.4) is 0 Å². The zero-order chi connectivity index (χ0) is 15.9. The third-order valence-electron chi connectivity index (χ3n) is 3.51. The molecule has 0 spiro atoms. The fraction of sp³-hybridized carbons (Fsp3) is 0.333. The minimum atomic E-state index is 0.620. The number of rotatable bonds is 7. The molecule has 4 nitrogen and oxygen atoms in total. The number of hydrogen-bond acceptors (Lipinski definition) is 4. The van der Waals surface area contributed by atoms with Gasteiger partial charge in [0.1, 0.15) is 5.82 Å². The Morgan fingerprint density at radius 1 is 1.14 bits per heavy atom. The van der Waals surface area contributed by atoms with Gasteiger partial charge >= 0.3 is 0 Å². The number of anilines is 3. The molecule has 0 aliphatic rings. The Kier molecular flexibility index (Phi) is 5.53. The van der Waals surface area contributed by atoms with Crippen molar-refractivity contribution in [1.29, 1.82) is 0 Å². The van der Waals surface area contributed by atoms with Crippen LogP contribution in [0.25, 0.3) is 0 Å². The molecule has 0 fully saturated rings. The molecule has 1 aromatic carbocycles. The van der Waals surface area contributed by atoms with Crippen molar-refractivity contribution in [3.05, 3.63) is 53.7 Å². The number of benzene rings is 1. The lowest BCUT2D eigenvalue weighted by Crippen LogP contribution is -2.07. The maximum Gasteiger partial charge on any atom is 0.225 e. The molecule has 0 unspecified atom stereocenters. The molecule has 2 rings (SSSR count). The van der Waals surface area contributed by atoms with E-state index in [9.17, 15) is 0 Å². The van der Waals surface area contributed by atoms with Gasteiger partial charge < -0.3 is 10.6 Å². The van der Waals surface area contributed by atoms with Crippen molar-refractivity contribution >= 4 is 17.5 Å². The summed E-state index contributed by atoms with van der Waals surface area (Å²) in [4.78, 5) is 8.92. The lowest BCUT2D eigenvalue weighted by molar-refractivity contribution is 1.06. The van der Waals surface area contributed by atoms with Crippen molar-refractivity contribution in [2.75, 3.05) is 17.2 Å². The first-order valence-electron chi connectivity index (χ1n) is 7.76. The summed E-state index contributed by atoms with van der Waals surface area (Å²) in [6.45, 7) is 10.7. The minimum absolute atomic E-state index is 0.620. The highest BCUT2D eigenvalue weighted by molar-refractivity contribution is 5.66. The predicted molar refractivity (Wildman–Crippen MR) is 93.9 cm³/mol. The molecule has 116 valence electrons. The van der Waals surface area contributed by atoms with Gasteiger partial charge in [-0.2, -0.15) is 4.98 Å². The number of nitrogens with one attached hydrogen (secondary N) is 2. The van der Waals surface area contributed by atoms with Crippen LogP contribution < -0.4 is 10.6 Å². The maximum absolute atomic E-state index is 4.54. The second kappa shape index (κ2) is 7.59. The third-order valence-corrected chi connectivity index (χ3v) is 3.51. The lowest BCUT2D eigenvalue weighted by atomic mass is 10.0. The fourth-order valence-corrected chi connectivity index (χ4v) is 2.41. The van der Waals surface area contributed by atoms with Crippen LogP contribution >= 0.6 is 0 Å². The van der Waals surface area contributed by atoms with E-state index >= 15 is 0 Å². The van der Waals surface area contributed by atoms with Crippen molar-refractivity contribution in [3.8, 4) is 0 Å². The van der Waals surface area contributed by atoms with E-state index in [1.807, 2.05) is 13.0 Å². The van der Waals surface area contributed by atoms with E-state index in [2.05, 4.69) is 59.2 Å². The summed E-state index contributed by atoms with van der Waals surface area (Å²) >= 11 is 0. The number of hydrogen-bond donors (Lipinski definition) is 2. The van der Waals surface area contributed by atoms with Gasteiger partial charge in [0.15, 0.2) is 0 Å². The Labute approximate surface area is 132 Å². The Bertz CT molecular complexity index is 627. The first-order valence-corrected chi connectivity index (χ1v) is 7.76. The van der Waals surface area contributed by atoms with Crippen LogP contribution in [0.5, 0.6) is 0 Å². The van der Waals surface area contributed by atoms with Crippen LogP contribution in [0.1, 0.15) is 30.7 Å². The normalized spacial score (nSPS) is 10.3. The van der Waals surface area contributed by atoms with E-state index < -0.39 is 0 Å². The lowest BCUT2D eigenvalue weighted by Gasteiger charge is -2.15. The van der Waals surface area contributed by atoms with Gasteiger partial charge in [-0.1, -0.05) is 38.1 Å². The van der Waals surface area contributed by atoms with Crippen molar-refractivity contribution in [2.45, 2.75) is 33.6 Å². The monoisotopic (exact) mass is 296 g/mol. The van der Waals surface area contributed by atoms with Crippen LogP contribution in [0.2, 0.25) is 0 Å². The van der Waals surface area contributed by atoms with Crippen LogP contribution in [0.4, 0.5) is 17.5 Å². The number of para-hydroxylation sites is 1. The first kappa shape index (κ1) is 16.0. The van der Waals surface area contributed by atoms with E-state index in [1.165, 1.54) is 16.8 Å². The molecule has 0 aliphatic heterocycles. The molecule has 0 saturated carbocycles. The zero-order valence-corrected chi connectivity index (χ0v) is 13.6. The van der Waals surface area contributed by atoms with E-state index in [0.29, 0.717) is 12.5 Å². The minimum Gasteiger partial charge on any atom is -0.351 e. The quantitative estimate of drug-likeness (QED) is 0.750. The van der Waals surface area contributed by atoms with Crippen LogP contribution in [-0.2, 0) is 12.8 Å². The summed E-state index contributed by atoms with van der Waals surface area (Å²) in [6, 6.07) is 8.40. The Morgan fingerprint density at radius 3 is 2.41 bits per heavy atom. The van der Waals surface area contributed by atoms with E-state index in [1.54, 1.807) is 6.08 Å². The molecule has 1 heterocycles. The second-order valence-corrected chi connectivity index (χ2v) is 5.17. The number of nitrogens with zero attached hydrogens (tertiary/aromatic N) is 2. The molecule has 0 aliphatic carbocycles. The van der Waals surface area contributed by atoms with Gasteiger partial charge in [-0.15, -0.1) is 6.58 Å². The predicted octanol–water partition coefficient (Wildman–Crippen LogP) is 4.25. The van der Waals surface area contributed by atoms with Gasteiger partial charge in [-0.05, 0) is 30.9 Å². The van der Waals surface area contributed by atoms with Gasteiger partial charge in [0, 0.05) is 24.0 Å². The molecule has 0 amide bonds. The summed E-state index contributed by atoms with van der Waals surface area (Å²) < 4.78 is 0. The number of aromatic nitrogens is 2. The molecule has 1 aromatic heterocycles. The smallest absolute Gasteiger partial charge is 0.225 e. The van der Waals surface area contributed by atoms with Crippen molar-refractivity contribution in [1.82, 2.24) is 9.97 Å². The van der Waals surface area contributed by atoms with Crippen LogP contribution in [0.15, 0.2) is 36.9 Å². The Balaban J connectivity index is 2.34. The van der Waals surface area contributed by atoms with Crippen molar-refractivity contribution in [2.24, 2.45) is 0 Å². The summed E-state index contributed by atoms with van der Waals surface area (Å²) in [6.07, 6.45) is 3.77. The first-order chi connectivity index (χ1) is 10.7. The third kappa shape index (κ3) is 3.85. The largest absolute Gasteiger partial charge is 0.351 e. The SMILES string of the molecule is C=CCNc1nc(C)cc(Nc2c(CC)cccc2CC)n1. The molecule has 22 heavy (non-hydrogen) atoms. The molecular formula is C18H24N4.